The van der Waals surface area contributed by atoms with Crippen LogP contribution in [0.2, 0.25) is 0 Å². The Morgan fingerprint density at radius 2 is 2.56 bits per heavy atom. The van der Waals surface area contributed by atoms with Crippen LogP contribution >= 0.6 is 0 Å². The molecule has 0 bridgehead atoms. The number of ether oxygens (including phenoxy) is 1. The van der Waals surface area contributed by atoms with Crippen molar-refractivity contribution in [3.8, 4) is 0 Å². The average molecular weight is 224 g/mol. The number of aliphatic hydroxyl groups is 1. The molecule has 2 heterocycles. The number of nitrogens with one attached hydrogen (secondary N) is 2. The largest absolute Gasteiger partial charge is 0.388 e. The minimum atomic E-state index is -0.670. The van der Waals surface area contributed by atoms with E-state index >= 15 is 0 Å². The first-order chi connectivity index (χ1) is 7.72. The van der Waals surface area contributed by atoms with E-state index < -0.39 is 6.10 Å². The Labute approximate surface area is 91.5 Å². The molecular weight excluding hydrogens is 212 g/mol. The van der Waals surface area contributed by atoms with Crippen LogP contribution in [0.25, 0.3) is 0 Å². The topological polar surface area (TPSA) is 99.6 Å². The fourth-order valence-electron chi connectivity index (χ4n) is 1.49. The lowest BCUT2D eigenvalue weighted by atomic mass is 10.2. The molecule has 0 aliphatic carbocycles. The Bertz CT molecular complexity index is 403. The van der Waals surface area contributed by atoms with Gasteiger partial charge in [0.1, 0.15) is 5.56 Å². The molecular formula is C9H12N4O3. The number of carbonyl (C=O) groups excluding carboxylic acids is 1. The van der Waals surface area contributed by atoms with Crippen LogP contribution in [-0.2, 0) is 4.74 Å². The summed E-state index contributed by atoms with van der Waals surface area (Å²) in [7, 11) is 0. The highest BCUT2D eigenvalue weighted by Crippen LogP contribution is 2.14. The minimum Gasteiger partial charge on any atom is -0.388 e. The first-order valence-corrected chi connectivity index (χ1v) is 4.79. The highest BCUT2D eigenvalue weighted by Gasteiger charge is 2.28. The second-order valence-corrected chi connectivity index (χ2v) is 3.48. The maximum Gasteiger partial charge on any atom is 0.257 e. The van der Waals surface area contributed by atoms with Gasteiger partial charge in [0.05, 0.1) is 31.6 Å². The highest BCUT2D eigenvalue weighted by atomic mass is 16.5. The van der Waals surface area contributed by atoms with Crippen molar-refractivity contribution in [2.24, 2.45) is 4.99 Å². The van der Waals surface area contributed by atoms with Crippen molar-refractivity contribution < 1.29 is 14.6 Å². The molecule has 1 fully saturated rings. The number of aliphatic hydroxyl groups excluding tert-OH is 1. The molecule has 0 radical (unpaired) electrons. The van der Waals surface area contributed by atoms with Gasteiger partial charge >= 0.3 is 0 Å². The van der Waals surface area contributed by atoms with E-state index in [2.05, 4.69) is 27.2 Å². The second-order valence-electron chi connectivity index (χ2n) is 3.48. The van der Waals surface area contributed by atoms with Crippen molar-refractivity contribution in [1.82, 2.24) is 15.5 Å². The number of rotatable bonds is 3. The van der Waals surface area contributed by atoms with Crippen molar-refractivity contribution in [3.63, 3.8) is 0 Å². The summed E-state index contributed by atoms with van der Waals surface area (Å²) in [6.07, 6.45) is 0.692. The van der Waals surface area contributed by atoms with Gasteiger partial charge in [-0.2, -0.15) is 5.10 Å². The average Bonchev–Trinajstić information content (AvgIpc) is 2.87. The number of hydrogen-bond acceptors (Lipinski definition) is 5. The third kappa shape index (κ3) is 1.95. The first-order valence-electron chi connectivity index (χ1n) is 4.79. The fraction of sp³-hybridized carbons (Fsp3) is 0.444. The molecule has 16 heavy (non-hydrogen) atoms. The Kier molecular flexibility index (Phi) is 2.97. The zero-order valence-electron chi connectivity index (χ0n) is 8.51. The smallest absolute Gasteiger partial charge is 0.257 e. The van der Waals surface area contributed by atoms with Crippen molar-refractivity contribution in [3.05, 3.63) is 11.8 Å². The molecule has 7 heteroatoms. The number of H-pyrrole nitrogens is 1. The SMILES string of the molecule is C=Nc1[nH]ncc1C(=O)N[C@H]1COC[C@H]1O. The summed E-state index contributed by atoms with van der Waals surface area (Å²) in [5.41, 5.74) is 0.300. The van der Waals surface area contributed by atoms with Gasteiger partial charge in [-0.1, -0.05) is 0 Å². The number of aromatic amines is 1. The Morgan fingerprint density at radius 3 is 3.19 bits per heavy atom. The summed E-state index contributed by atoms with van der Waals surface area (Å²) in [4.78, 5) is 15.4. The van der Waals surface area contributed by atoms with E-state index in [4.69, 9.17) is 4.74 Å². The lowest BCUT2D eigenvalue weighted by Gasteiger charge is -2.13. The molecule has 2 atom stereocenters. The molecule has 0 aromatic carbocycles. The highest BCUT2D eigenvalue weighted by molar-refractivity contribution is 5.98. The third-order valence-electron chi connectivity index (χ3n) is 2.39. The molecule has 1 saturated heterocycles. The first kappa shape index (κ1) is 10.8. The summed E-state index contributed by atoms with van der Waals surface area (Å²) in [6.45, 7) is 3.86. The number of aromatic nitrogens is 2. The van der Waals surface area contributed by atoms with Crippen molar-refractivity contribution in [2.75, 3.05) is 13.2 Å². The summed E-state index contributed by atoms with van der Waals surface area (Å²) in [5, 5.41) is 18.3. The summed E-state index contributed by atoms with van der Waals surface area (Å²) >= 11 is 0. The monoisotopic (exact) mass is 224 g/mol. The van der Waals surface area contributed by atoms with Gasteiger partial charge in [-0.05, 0) is 6.72 Å². The summed E-state index contributed by atoms with van der Waals surface area (Å²) in [5.74, 6) is -0.0448. The lowest BCUT2D eigenvalue weighted by molar-refractivity contribution is 0.0887. The molecule has 0 saturated carbocycles. The van der Waals surface area contributed by atoms with Gasteiger partial charge < -0.3 is 15.2 Å². The van der Waals surface area contributed by atoms with E-state index in [1.54, 1.807) is 0 Å². The van der Waals surface area contributed by atoms with E-state index in [0.29, 0.717) is 18.0 Å². The predicted molar refractivity (Wildman–Crippen MR) is 55.9 cm³/mol. The molecule has 1 aromatic rings. The van der Waals surface area contributed by atoms with E-state index in [1.165, 1.54) is 6.20 Å². The van der Waals surface area contributed by atoms with E-state index in [9.17, 15) is 9.90 Å². The number of nitrogens with zero attached hydrogens (tertiary/aromatic N) is 2. The van der Waals surface area contributed by atoms with Crippen molar-refractivity contribution in [1.29, 1.82) is 0 Å². The van der Waals surface area contributed by atoms with Crippen LogP contribution in [-0.4, -0.2) is 53.3 Å². The Morgan fingerprint density at radius 1 is 1.75 bits per heavy atom. The molecule has 1 aromatic heterocycles. The van der Waals surface area contributed by atoms with Crippen LogP contribution in [0.4, 0.5) is 5.82 Å². The second kappa shape index (κ2) is 4.42. The quantitative estimate of drug-likeness (QED) is 0.587. The maximum absolute atomic E-state index is 11.8. The number of hydrogen-bond donors (Lipinski definition) is 3. The van der Waals surface area contributed by atoms with E-state index in [1.807, 2.05) is 0 Å². The predicted octanol–water partition coefficient (Wildman–Crippen LogP) is -0.769. The van der Waals surface area contributed by atoms with Crippen LogP contribution in [0.15, 0.2) is 11.2 Å². The van der Waals surface area contributed by atoms with Crippen LogP contribution in [0.3, 0.4) is 0 Å². The van der Waals surface area contributed by atoms with Gasteiger partial charge in [-0.3, -0.25) is 9.89 Å². The summed E-state index contributed by atoms with van der Waals surface area (Å²) < 4.78 is 5.02. The van der Waals surface area contributed by atoms with Gasteiger partial charge in [0, 0.05) is 0 Å². The number of aliphatic imine (C=N–C) groups is 1. The number of carbonyl (C=O) groups is 1. The fourth-order valence-corrected chi connectivity index (χ4v) is 1.49. The van der Waals surface area contributed by atoms with Gasteiger partial charge in [-0.25, -0.2) is 4.99 Å². The zero-order valence-corrected chi connectivity index (χ0v) is 8.51. The van der Waals surface area contributed by atoms with Gasteiger partial charge in [0.2, 0.25) is 0 Å². The zero-order chi connectivity index (χ0) is 11.5. The normalized spacial score (nSPS) is 24.3. The van der Waals surface area contributed by atoms with Gasteiger partial charge in [0.15, 0.2) is 5.82 Å². The Balaban J connectivity index is 2.05. The van der Waals surface area contributed by atoms with Crippen molar-refractivity contribution >= 4 is 18.4 Å². The molecule has 3 N–H and O–H groups in total. The Hall–Kier alpha value is -1.73. The van der Waals surface area contributed by atoms with Crippen LogP contribution < -0.4 is 5.32 Å². The molecule has 0 unspecified atom stereocenters. The lowest BCUT2D eigenvalue weighted by Crippen LogP contribution is -2.42. The molecule has 1 aliphatic heterocycles. The molecule has 1 aliphatic rings. The molecule has 86 valence electrons. The van der Waals surface area contributed by atoms with Crippen LogP contribution in [0, 0.1) is 0 Å². The van der Waals surface area contributed by atoms with E-state index in [0.717, 1.165) is 0 Å². The molecule has 7 nitrogen and oxygen atoms in total. The molecule has 2 rings (SSSR count). The number of amides is 1. The van der Waals surface area contributed by atoms with E-state index in [-0.39, 0.29) is 18.6 Å². The van der Waals surface area contributed by atoms with Gasteiger partial charge in [0.25, 0.3) is 5.91 Å². The standard InChI is InChI=1S/C9H12N4O3/c1-10-8-5(2-11-13-8)9(15)12-6-3-16-4-7(6)14/h2,6-7,14H,1,3-4H2,(H,11,13)(H,12,15)/t6-,7+/m0/s1. The van der Waals surface area contributed by atoms with Crippen LogP contribution in [0.5, 0.6) is 0 Å². The summed E-state index contributed by atoms with van der Waals surface area (Å²) in [6, 6.07) is -0.389. The van der Waals surface area contributed by atoms with Crippen LogP contribution in [0.1, 0.15) is 10.4 Å². The third-order valence-corrected chi connectivity index (χ3v) is 2.39. The molecule has 0 spiro atoms. The molecule has 1 amide bonds. The van der Waals surface area contributed by atoms with Crippen molar-refractivity contribution in [2.45, 2.75) is 12.1 Å². The maximum atomic E-state index is 11.8. The van der Waals surface area contributed by atoms with Gasteiger partial charge in [-0.15, -0.1) is 0 Å². The minimum absolute atomic E-state index is 0.239.